The third-order valence-electron chi connectivity index (χ3n) is 3.77. The van der Waals surface area contributed by atoms with Crippen LogP contribution < -0.4 is 10.2 Å². The van der Waals surface area contributed by atoms with Gasteiger partial charge in [-0.2, -0.15) is 0 Å². The maximum atomic E-state index is 11.2. The molecule has 0 aliphatic carbocycles. The van der Waals surface area contributed by atoms with E-state index in [4.69, 9.17) is 0 Å². The second-order valence-corrected chi connectivity index (χ2v) is 5.50. The Labute approximate surface area is 124 Å². The number of aromatic nitrogens is 1. The van der Waals surface area contributed by atoms with Gasteiger partial charge in [0.15, 0.2) is 0 Å². The van der Waals surface area contributed by atoms with E-state index in [1.807, 2.05) is 18.7 Å². The Morgan fingerprint density at radius 1 is 1.57 bits per heavy atom. The summed E-state index contributed by atoms with van der Waals surface area (Å²) in [6.07, 6.45) is 1.22. The summed E-state index contributed by atoms with van der Waals surface area (Å²) in [7, 11) is 0. The van der Waals surface area contributed by atoms with Gasteiger partial charge in [-0.05, 0) is 24.8 Å². The van der Waals surface area contributed by atoms with Gasteiger partial charge in [0.25, 0.3) is 0 Å². The van der Waals surface area contributed by atoms with Crippen LogP contribution in [0.15, 0.2) is 12.1 Å². The summed E-state index contributed by atoms with van der Waals surface area (Å²) in [6.45, 7) is 5.93. The monoisotopic (exact) mass is 294 g/mol. The maximum absolute atomic E-state index is 11.2. The zero-order valence-electron chi connectivity index (χ0n) is 12.5. The summed E-state index contributed by atoms with van der Waals surface area (Å²) in [5.74, 6) is 1.11. The normalized spacial score (nSPS) is 22.1. The summed E-state index contributed by atoms with van der Waals surface area (Å²) < 4.78 is 0. The topological polar surface area (TPSA) is 91.5 Å². The van der Waals surface area contributed by atoms with Crippen LogP contribution in [0.5, 0.6) is 0 Å². The highest BCUT2D eigenvalue weighted by Crippen LogP contribution is 2.31. The van der Waals surface area contributed by atoms with Crippen molar-refractivity contribution in [2.45, 2.75) is 32.8 Å². The standard InChI is InChI=1S/C14H22N4O3/c1-3-7-15-13-5-4-11(18(20)21)14(16-13)17-8-6-12(19)10(2)9-17/h4-5,10,12,19H,3,6-9H2,1-2H3,(H,15,16). The zero-order valence-corrected chi connectivity index (χ0v) is 12.5. The molecule has 0 aromatic carbocycles. The first-order chi connectivity index (χ1) is 10.0. The van der Waals surface area contributed by atoms with Crippen LogP contribution in [0.2, 0.25) is 0 Å². The predicted octanol–water partition coefficient (Wildman–Crippen LogP) is 2.02. The molecule has 1 saturated heterocycles. The lowest BCUT2D eigenvalue weighted by Crippen LogP contribution is -2.42. The molecule has 2 N–H and O–H groups in total. The number of pyridine rings is 1. The fourth-order valence-electron chi connectivity index (χ4n) is 2.49. The summed E-state index contributed by atoms with van der Waals surface area (Å²) >= 11 is 0. The van der Waals surface area contributed by atoms with E-state index in [1.54, 1.807) is 6.07 Å². The van der Waals surface area contributed by atoms with Gasteiger partial charge < -0.3 is 15.3 Å². The molecule has 2 unspecified atom stereocenters. The van der Waals surface area contributed by atoms with Crippen LogP contribution in [0.3, 0.4) is 0 Å². The molecule has 2 rings (SSSR count). The van der Waals surface area contributed by atoms with E-state index in [9.17, 15) is 15.2 Å². The molecule has 1 fully saturated rings. The smallest absolute Gasteiger partial charge is 0.311 e. The number of rotatable bonds is 5. The van der Waals surface area contributed by atoms with Gasteiger partial charge in [-0.25, -0.2) is 4.98 Å². The van der Waals surface area contributed by atoms with Crippen LogP contribution in [0, 0.1) is 16.0 Å². The Morgan fingerprint density at radius 3 is 2.95 bits per heavy atom. The fourth-order valence-corrected chi connectivity index (χ4v) is 2.49. The number of aliphatic hydroxyl groups is 1. The Balaban J connectivity index is 2.27. The highest BCUT2D eigenvalue weighted by molar-refractivity contribution is 5.62. The number of anilines is 2. The molecule has 2 atom stereocenters. The minimum Gasteiger partial charge on any atom is -0.393 e. The molecule has 0 radical (unpaired) electrons. The van der Waals surface area contributed by atoms with Gasteiger partial charge in [0.1, 0.15) is 5.82 Å². The van der Waals surface area contributed by atoms with Gasteiger partial charge in [-0.15, -0.1) is 0 Å². The lowest BCUT2D eigenvalue weighted by atomic mass is 9.97. The SMILES string of the molecule is CCCNc1ccc([N+](=O)[O-])c(N2CCC(O)C(C)C2)n1. The first-order valence-corrected chi connectivity index (χ1v) is 7.35. The Kier molecular flexibility index (Phi) is 4.95. The molecule has 0 spiro atoms. The van der Waals surface area contributed by atoms with Gasteiger partial charge in [-0.1, -0.05) is 13.8 Å². The molecule has 2 heterocycles. The van der Waals surface area contributed by atoms with Crippen molar-refractivity contribution in [3.8, 4) is 0 Å². The van der Waals surface area contributed by atoms with Crippen molar-refractivity contribution in [3.05, 3.63) is 22.2 Å². The Morgan fingerprint density at radius 2 is 2.33 bits per heavy atom. The molecule has 0 amide bonds. The minimum atomic E-state index is -0.401. The van der Waals surface area contributed by atoms with E-state index < -0.39 is 4.92 Å². The van der Waals surface area contributed by atoms with Crippen molar-refractivity contribution in [2.75, 3.05) is 29.9 Å². The number of nitrogens with zero attached hydrogens (tertiary/aromatic N) is 3. The highest BCUT2D eigenvalue weighted by atomic mass is 16.6. The van der Waals surface area contributed by atoms with Crippen molar-refractivity contribution in [1.82, 2.24) is 4.98 Å². The molecule has 7 nitrogen and oxygen atoms in total. The molecule has 0 saturated carbocycles. The van der Waals surface area contributed by atoms with Gasteiger partial charge >= 0.3 is 5.69 Å². The lowest BCUT2D eigenvalue weighted by molar-refractivity contribution is -0.384. The third kappa shape index (κ3) is 3.60. The molecule has 1 aliphatic rings. The number of aliphatic hydroxyl groups excluding tert-OH is 1. The number of nitro groups is 1. The van der Waals surface area contributed by atoms with Crippen LogP contribution in [0.4, 0.5) is 17.3 Å². The van der Waals surface area contributed by atoms with E-state index in [0.29, 0.717) is 31.1 Å². The Hall–Kier alpha value is -1.89. The van der Waals surface area contributed by atoms with Crippen LogP contribution in [-0.2, 0) is 0 Å². The lowest BCUT2D eigenvalue weighted by Gasteiger charge is -2.34. The fraction of sp³-hybridized carbons (Fsp3) is 0.643. The van der Waals surface area contributed by atoms with Crippen molar-refractivity contribution in [3.63, 3.8) is 0 Å². The summed E-state index contributed by atoms with van der Waals surface area (Å²) in [6, 6.07) is 3.13. The van der Waals surface area contributed by atoms with E-state index in [1.165, 1.54) is 6.07 Å². The van der Waals surface area contributed by atoms with Crippen LogP contribution in [0.1, 0.15) is 26.7 Å². The van der Waals surface area contributed by atoms with Crippen molar-refractivity contribution in [1.29, 1.82) is 0 Å². The first-order valence-electron chi connectivity index (χ1n) is 7.35. The number of hydrogen-bond donors (Lipinski definition) is 2. The van der Waals surface area contributed by atoms with Gasteiger partial charge in [0, 0.05) is 25.7 Å². The second-order valence-electron chi connectivity index (χ2n) is 5.50. The zero-order chi connectivity index (χ0) is 15.4. The highest BCUT2D eigenvalue weighted by Gasteiger charge is 2.29. The first kappa shape index (κ1) is 15.5. The second kappa shape index (κ2) is 6.71. The maximum Gasteiger partial charge on any atom is 0.311 e. The molecular formula is C14H22N4O3. The molecule has 21 heavy (non-hydrogen) atoms. The molecule has 0 bridgehead atoms. The van der Waals surface area contributed by atoms with E-state index >= 15 is 0 Å². The van der Waals surface area contributed by atoms with E-state index in [2.05, 4.69) is 10.3 Å². The summed E-state index contributed by atoms with van der Waals surface area (Å²) in [5.41, 5.74) is 0.0145. The van der Waals surface area contributed by atoms with Crippen LogP contribution >= 0.6 is 0 Å². The number of nitrogens with one attached hydrogen (secondary N) is 1. The molecule has 116 valence electrons. The predicted molar refractivity (Wildman–Crippen MR) is 81.7 cm³/mol. The minimum absolute atomic E-state index is 0.0145. The van der Waals surface area contributed by atoms with Crippen LogP contribution in [0.25, 0.3) is 0 Å². The van der Waals surface area contributed by atoms with Crippen molar-refractivity contribution in [2.24, 2.45) is 5.92 Å². The Bertz CT molecular complexity index is 509. The average Bonchev–Trinajstić information content (AvgIpc) is 2.47. The number of piperidine rings is 1. The molecule has 1 aromatic rings. The number of hydrogen-bond acceptors (Lipinski definition) is 6. The molecular weight excluding hydrogens is 272 g/mol. The van der Waals surface area contributed by atoms with E-state index in [-0.39, 0.29) is 17.7 Å². The molecule has 1 aliphatic heterocycles. The van der Waals surface area contributed by atoms with Gasteiger partial charge in [0.05, 0.1) is 11.0 Å². The van der Waals surface area contributed by atoms with Gasteiger partial charge in [0.2, 0.25) is 5.82 Å². The van der Waals surface area contributed by atoms with Crippen molar-refractivity contribution < 1.29 is 10.0 Å². The molecule has 7 heteroatoms. The largest absolute Gasteiger partial charge is 0.393 e. The molecule has 1 aromatic heterocycles. The quantitative estimate of drug-likeness (QED) is 0.637. The van der Waals surface area contributed by atoms with Crippen LogP contribution in [-0.4, -0.2) is 40.8 Å². The summed E-state index contributed by atoms with van der Waals surface area (Å²) in [4.78, 5) is 17.1. The van der Waals surface area contributed by atoms with Crippen molar-refractivity contribution >= 4 is 17.3 Å². The van der Waals surface area contributed by atoms with Gasteiger partial charge in [-0.3, -0.25) is 10.1 Å². The average molecular weight is 294 g/mol. The third-order valence-corrected chi connectivity index (χ3v) is 3.77. The van der Waals surface area contributed by atoms with E-state index in [0.717, 1.165) is 13.0 Å². The summed E-state index contributed by atoms with van der Waals surface area (Å²) in [5, 5.41) is 24.2.